The van der Waals surface area contributed by atoms with Crippen LogP contribution in [0.4, 0.5) is 4.79 Å². The van der Waals surface area contributed by atoms with E-state index in [0.717, 1.165) is 31.4 Å². The summed E-state index contributed by atoms with van der Waals surface area (Å²) in [5, 5.41) is 15.3. The molecule has 0 radical (unpaired) electrons. The summed E-state index contributed by atoms with van der Waals surface area (Å²) in [6.07, 6.45) is 5.41. The Hall–Kier alpha value is -1.53. The van der Waals surface area contributed by atoms with Crippen LogP contribution >= 0.6 is 0 Å². The fraction of sp³-hybridized carbons (Fsp3) is 0.667. The topological polar surface area (TPSA) is 77.7 Å². The third kappa shape index (κ3) is 3.98. The van der Waals surface area contributed by atoms with Crippen molar-refractivity contribution in [3.8, 4) is 0 Å². The van der Waals surface area contributed by atoms with E-state index in [2.05, 4.69) is 10.6 Å². The molecule has 2 rings (SSSR count). The smallest absolute Gasteiger partial charge is 0.315 e. The van der Waals surface area contributed by atoms with Crippen molar-refractivity contribution in [3.63, 3.8) is 0 Å². The molecule has 1 saturated carbocycles. The molecule has 0 aliphatic heterocycles. The molecule has 6 heteroatoms. The molecule has 0 saturated heterocycles. The first-order chi connectivity index (χ1) is 10.1. The van der Waals surface area contributed by atoms with E-state index < -0.39 is 5.54 Å². The van der Waals surface area contributed by atoms with Crippen molar-refractivity contribution < 1.29 is 14.3 Å². The second-order valence-corrected chi connectivity index (χ2v) is 5.98. The van der Waals surface area contributed by atoms with Crippen LogP contribution in [0.3, 0.4) is 0 Å². The lowest BCUT2D eigenvalue weighted by Gasteiger charge is -2.29. The summed E-state index contributed by atoms with van der Waals surface area (Å²) in [4.78, 5) is 14.1. The van der Waals surface area contributed by atoms with Crippen LogP contribution in [0.15, 0.2) is 22.8 Å². The molecule has 1 fully saturated rings. The normalized spacial score (nSPS) is 18.7. The van der Waals surface area contributed by atoms with Crippen LogP contribution in [0.1, 0.15) is 37.5 Å². The van der Waals surface area contributed by atoms with Crippen LogP contribution in [-0.2, 0) is 0 Å². The zero-order chi connectivity index (χ0) is 15.3. The monoisotopic (exact) mass is 295 g/mol. The van der Waals surface area contributed by atoms with Crippen LogP contribution in [0.25, 0.3) is 0 Å². The molecule has 0 aromatic carbocycles. The van der Waals surface area contributed by atoms with Gasteiger partial charge in [0.2, 0.25) is 0 Å². The number of rotatable bonds is 6. The largest absolute Gasteiger partial charge is 0.468 e. The van der Waals surface area contributed by atoms with Crippen molar-refractivity contribution in [2.45, 2.75) is 37.3 Å². The summed E-state index contributed by atoms with van der Waals surface area (Å²) in [7, 11) is 3.89. The molecule has 1 aliphatic rings. The highest BCUT2D eigenvalue weighted by molar-refractivity contribution is 5.74. The fourth-order valence-corrected chi connectivity index (χ4v) is 2.87. The molecule has 1 atom stereocenters. The maximum absolute atomic E-state index is 12.1. The van der Waals surface area contributed by atoms with Crippen molar-refractivity contribution in [2.24, 2.45) is 0 Å². The number of amides is 2. The van der Waals surface area contributed by atoms with E-state index in [1.807, 2.05) is 31.1 Å². The Balaban J connectivity index is 1.87. The lowest BCUT2D eigenvalue weighted by Crippen LogP contribution is -2.53. The van der Waals surface area contributed by atoms with Gasteiger partial charge in [0.1, 0.15) is 5.76 Å². The zero-order valence-corrected chi connectivity index (χ0v) is 12.8. The van der Waals surface area contributed by atoms with Gasteiger partial charge < -0.3 is 20.2 Å². The average Bonchev–Trinajstić information content (AvgIpc) is 3.10. The Morgan fingerprint density at radius 3 is 2.71 bits per heavy atom. The fourth-order valence-electron chi connectivity index (χ4n) is 2.87. The maximum atomic E-state index is 12.1. The van der Waals surface area contributed by atoms with Crippen LogP contribution in [0.5, 0.6) is 0 Å². The summed E-state index contributed by atoms with van der Waals surface area (Å²) in [5.41, 5.74) is -0.442. The highest BCUT2D eigenvalue weighted by Gasteiger charge is 2.34. The van der Waals surface area contributed by atoms with Gasteiger partial charge in [-0.1, -0.05) is 12.8 Å². The van der Waals surface area contributed by atoms with Gasteiger partial charge in [-0.25, -0.2) is 4.79 Å². The molecule has 1 aromatic rings. The summed E-state index contributed by atoms with van der Waals surface area (Å²) in [5.74, 6) is 0.818. The van der Waals surface area contributed by atoms with E-state index in [1.54, 1.807) is 6.26 Å². The molecule has 3 N–H and O–H groups in total. The van der Waals surface area contributed by atoms with Gasteiger partial charge in [0.15, 0.2) is 0 Å². The number of hydrogen-bond donors (Lipinski definition) is 3. The standard InChI is InChI=1S/C15H25N3O3/c1-18(2)12(13-6-5-9-21-13)10-16-14(20)17-15(11-19)7-3-4-8-15/h5-6,9,12,19H,3-4,7-8,10-11H2,1-2H3,(H2,16,17,20). The maximum Gasteiger partial charge on any atom is 0.315 e. The van der Waals surface area contributed by atoms with Crippen LogP contribution in [0, 0.1) is 0 Å². The van der Waals surface area contributed by atoms with E-state index in [4.69, 9.17) is 4.42 Å². The Kier molecular flexibility index (Phi) is 5.25. The van der Waals surface area contributed by atoms with Gasteiger partial charge in [-0.3, -0.25) is 4.90 Å². The second kappa shape index (κ2) is 6.95. The molecular weight excluding hydrogens is 270 g/mol. The van der Waals surface area contributed by atoms with Gasteiger partial charge in [0.05, 0.1) is 24.5 Å². The van der Waals surface area contributed by atoms with Crippen LogP contribution in [0.2, 0.25) is 0 Å². The lowest BCUT2D eigenvalue weighted by atomic mass is 9.99. The van der Waals surface area contributed by atoms with E-state index in [-0.39, 0.29) is 18.7 Å². The van der Waals surface area contributed by atoms with Gasteiger partial charge in [-0.15, -0.1) is 0 Å². The first-order valence-electron chi connectivity index (χ1n) is 7.43. The van der Waals surface area contributed by atoms with Crippen LogP contribution < -0.4 is 10.6 Å². The number of carbonyl (C=O) groups excluding carboxylic acids is 1. The molecule has 0 spiro atoms. The minimum atomic E-state index is -0.442. The molecule has 6 nitrogen and oxygen atoms in total. The summed E-state index contributed by atoms with van der Waals surface area (Å²) in [6, 6.07) is 3.49. The Labute approximate surface area is 125 Å². The molecule has 21 heavy (non-hydrogen) atoms. The SMILES string of the molecule is CN(C)C(CNC(=O)NC1(CO)CCCC1)c1ccco1. The van der Waals surface area contributed by atoms with Gasteiger partial charge in [-0.05, 0) is 39.1 Å². The Bertz CT molecular complexity index is 439. The molecular formula is C15H25N3O3. The number of likely N-dealkylation sites (N-methyl/N-ethyl adjacent to an activating group) is 1. The Morgan fingerprint density at radius 1 is 1.48 bits per heavy atom. The summed E-state index contributed by atoms with van der Waals surface area (Å²) in [6.45, 7) is 0.448. The Morgan fingerprint density at radius 2 is 2.19 bits per heavy atom. The first-order valence-corrected chi connectivity index (χ1v) is 7.43. The highest BCUT2D eigenvalue weighted by Crippen LogP contribution is 2.29. The van der Waals surface area contributed by atoms with Crippen molar-refractivity contribution in [3.05, 3.63) is 24.2 Å². The van der Waals surface area contributed by atoms with E-state index >= 15 is 0 Å². The lowest BCUT2D eigenvalue weighted by molar-refractivity contribution is 0.161. The molecule has 0 bridgehead atoms. The van der Waals surface area contributed by atoms with Gasteiger partial charge in [0, 0.05) is 6.54 Å². The van der Waals surface area contributed by atoms with Crippen LogP contribution in [-0.4, -0.2) is 48.8 Å². The highest BCUT2D eigenvalue weighted by atomic mass is 16.3. The van der Waals surface area contributed by atoms with E-state index in [1.165, 1.54) is 0 Å². The van der Waals surface area contributed by atoms with Crippen molar-refractivity contribution in [2.75, 3.05) is 27.2 Å². The summed E-state index contributed by atoms with van der Waals surface area (Å²) < 4.78 is 5.41. The predicted molar refractivity (Wildman–Crippen MR) is 80.0 cm³/mol. The van der Waals surface area contributed by atoms with Crippen molar-refractivity contribution >= 4 is 6.03 Å². The molecule has 118 valence electrons. The number of aliphatic hydroxyl groups excluding tert-OH is 1. The molecule has 1 aromatic heterocycles. The van der Waals surface area contributed by atoms with E-state index in [0.29, 0.717) is 6.54 Å². The van der Waals surface area contributed by atoms with Crippen molar-refractivity contribution in [1.82, 2.24) is 15.5 Å². The number of carbonyl (C=O) groups is 1. The average molecular weight is 295 g/mol. The van der Waals surface area contributed by atoms with Gasteiger partial charge in [-0.2, -0.15) is 0 Å². The van der Waals surface area contributed by atoms with Gasteiger partial charge >= 0.3 is 6.03 Å². The minimum absolute atomic E-state index is 0.00425. The molecule has 1 heterocycles. The quantitative estimate of drug-likeness (QED) is 0.743. The van der Waals surface area contributed by atoms with Crippen molar-refractivity contribution in [1.29, 1.82) is 0 Å². The second-order valence-electron chi connectivity index (χ2n) is 5.98. The number of hydrogen-bond acceptors (Lipinski definition) is 4. The van der Waals surface area contributed by atoms with Gasteiger partial charge in [0.25, 0.3) is 0 Å². The zero-order valence-electron chi connectivity index (χ0n) is 12.8. The number of nitrogens with one attached hydrogen (secondary N) is 2. The third-order valence-corrected chi connectivity index (χ3v) is 4.19. The predicted octanol–water partition coefficient (Wildman–Crippen LogP) is 1.49. The molecule has 2 amide bonds. The summed E-state index contributed by atoms with van der Waals surface area (Å²) >= 11 is 0. The van der Waals surface area contributed by atoms with E-state index in [9.17, 15) is 9.90 Å². The number of aliphatic hydroxyl groups is 1. The first kappa shape index (κ1) is 15.9. The number of furan rings is 1. The molecule has 1 unspecified atom stereocenters. The molecule has 1 aliphatic carbocycles. The third-order valence-electron chi connectivity index (χ3n) is 4.19. The minimum Gasteiger partial charge on any atom is -0.468 e. The number of urea groups is 1. The number of nitrogens with zero attached hydrogens (tertiary/aromatic N) is 1.